The predicted molar refractivity (Wildman–Crippen MR) is 89.9 cm³/mol. The van der Waals surface area contributed by atoms with Crippen LogP contribution >= 0.6 is 0 Å². The first-order valence-corrected chi connectivity index (χ1v) is 9.54. The summed E-state index contributed by atoms with van der Waals surface area (Å²) in [5, 5.41) is 6.47. The molecule has 0 aromatic heterocycles. The zero-order chi connectivity index (χ0) is 15.4. The molecule has 0 bridgehead atoms. The number of hydrogen-bond acceptors (Lipinski definition) is 2. The summed E-state index contributed by atoms with van der Waals surface area (Å²) in [4.78, 5) is 14.7. The van der Waals surface area contributed by atoms with E-state index in [2.05, 4.69) is 22.5 Å². The van der Waals surface area contributed by atoms with Crippen molar-refractivity contribution in [2.24, 2.45) is 11.8 Å². The monoisotopic (exact) mass is 307 g/mol. The van der Waals surface area contributed by atoms with Gasteiger partial charge < -0.3 is 15.5 Å². The number of rotatable bonds is 3. The van der Waals surface area contributed by atoms with Gasteiger partial charge in [0.1, 0.15) is 0 Å². The largest absolute Gasteiger partial charge is 0.335 e. The SMILES string of the molecule is CCN1CCC[C@H](NC(=O)N[C@@H]2CC[C@@H]3CCCC[C@@H]3C2)C1. The van der Waals surface area contributed by atoms with E-state index < -0.39 is 0 Å². The molecule has 4 atom stereocenters. The number of nitrogens with zero attached hydrogens (tertiary/aromatic N) is 1. The summed E-state index contributed by atoms with van der Waals surface area (Å²) < 4.78 is 0. The minimum Gasteiger partial charge on any atom is -0.335 e. The van der Waals surface area contributed by atoms with Gasteiger partial charge in [0, 0.05) is 18.6 Å². The summed E-state index contributed by atoms with van der Waals surface area (Å²) in [7, 11) is 0. The first-order chi connectivity index (χ1) is 10.7. The third-order valence-electron chi connectivity index (χ3n) is 6.16. The van der Waals surface area contributed by atoms with E-state index in [1.807, 2.05) is 0 Å². The zero-order valence-corrected chi connectivity index (χ0v) is 14.2. The van der Waals surface area contributed by atoms with Gasteiger partial charge in [-0.1, -0.05) is 32.6 Å². The Labute approximate surface area is 135 Å². The van der Waals surface area contributed by atoms with Crippen molar-refractivity contribution in [2.75, 3.05) is 19.6 Å². The van der Waals surface area contributed by atoms with Crippen LogP contribution < -0.4 is 10.6 Å². The summed E-state index contributed by atoms with van der Waals surface area (Å²) in [6.45, 7) is 5.48. The molecule has 2 aliphatic carbocycles. The molecule has 4 heteroatoms. The number of urea groups is 1. The average Bonchev–Trinajstić information content (AvgIpc) is 2.55. The molecule has 22 heavy (non-hydrogen) atoms. The number of hydrogen-bond donors (Lipinski definition) is 2. The fourth-order valence-electron chi connectivity index (χ4n) is 4.88. The van der Waals surface area contributed by atoms with Gasteiger partial charge in [0.25, 0.3) is 0 Å². The molecule has 2 amide bonds. The lowest BCUT2D eigenvalue weighted by Crippen LogP contribution is -2.53. The van der Waals surface area contributed by atoms with Crippen LogP contribution in [-0.2, 0) is 0 Å². The maximum Gasteiger partial charge on any atom is 0.315 e. The molecule has 0 unspecified atom stereocenters. The maximum absolute atomic E-state index is 12.3. The molecule has 0 spiro atoms. The Bertz CT molecular complexity index is 373. The van der Waals surface area contributed by atoms with Gasteiger partial charge in [-0.2, -0.15) is 0 Å². The maximum atomic E-state index is 12.3. The number of piperidine rings is 1. The van der Waals surface area contributed by atoms with Crippen molar-refractivity contribution in [2.45, 2.75) is 76.8 Å². The van der Waals surface area contributed by atoms with E-state index in [4.69, 9.17) is 0 Å². The Balaban J connectivity index is 1.42. The van der Waals surface area contributed by atoms with E-state index in [0.717, 1.165) is 31.3 Å². The summed E-state index contributed by atoms with van der Waals surface area (Å²) in [6, 6.07) is 0.812. The molecule has 3 fully saturated rings. The van der Waals surface area contributed by atoms with Crippen molar-refractivity contribution in [3.05, 3.63) is 0 Å². The standard InChI is InChI=1S/C18H33N3O/c1-2-21-11-5-8-17(13-21)20-18(22)19-16-10-9-14-6-3-4-7-15(14)12-16/h14-17H,2-13H2,1H3,(H2,19,20,22)/t14-,15+,16+,17-/m0/s1. The highest BCUT2D eigenvalue weighted by Gasteiger charge is 2.33. The van der Waals surface area contributed by atoms with Gasteiger partial charge in [-0.3, -0.25) is 0 Å². The van der Waals surface area contributed by atoms with Crippen LogP contribution in [-0.4, -0.2) is 42.6 Å². The van der Waals surface area contributed by atoms with Crippen molar-refractivity contribution in [3.63, 3.8) is 0 Å². The van der Waals surface area contributed by atoms with Gasteiger partial charge in [-0.25, -0.2) is 4.79 Å². The van der Waals surface area contributed by atoms with Crippen molar-refractivity contribution in [1.82, 2.24) is 15.5 Å². The van der Waals surface area contributed by atoms with Crippen LogP contribution in [0.1, 0.15) is 64.7 Å². The lowest BCUT2D eigenvalue weighted by atomic mass is 9.69. The van der Waals surface area contributed by atoms with E-state index >= 15 is 0 Å². The van der Waals surface area contributed by atoms with E-state index in [9.17, 15) is 4.79 Å². The Morgan fingerprint density at radius 2 is 1.73 bits per heavy atom. The summed E-state index contributed by atoms with van der Waals surface area (Å²) in [5.41, 5.74) is 0. The fourth-order valence-corrected chi connectivity index (χ4v) is 4.88. The first-order valence-electron chi connectivity index (χ1n) is 9.54. The van der Waals surface area contributed by atoms with Crippen molar-refractivity contribution in [1.29, 1.82) is 0 Å². The van der Waals surface area contributed by atoms with Crippen LogP contribution in [0.15, 0.2) is 0 Å². The van der Waals surface area contributed by atoms with E-state index in [0.29, 0.717) is 12.1 Å². The molecule has 1 aliphatic heterocycles. The Morgan fingerprint density at radius 1 is 0.955 bits per heavy atom. The smallest absolute Gasteiger partial charge is 0.315 e. The summed E-state index contributed by atoms with van der Waals surface area (Å²) in [6.07, 6.45) is 11.7. The van der Waals surface area contributed by atoms with Crippen molar-refractivity contribution in [3.8, 4) is 0 Å². The molecule has 126 valence electrons. The molecular weight excluding hydrogens is 274 g/mol. The summed E-state index contributed by atoms with van der Waals surface area (Å²) >= 11 is 0. The van der Waals surface area contributed by atoms with E-state index in [1.165, 1.54) is 57.9 Å². The molecule has 2 N–H and O–H groups in total. The minimum absolute atomic E-state index is 0.0715. The fraction of sp³-hybridized carbons (Fsp3) is 0.944. The molecule has 0 aromatic rings. The number of carbonyl (C=O) groups is 1. The molecule has 3 rings (SSSR count). The normalized spacial score (nSPS) is 36.4. The van der Waals surface area contributed by atoms with Gasteiger partial charge in [-0.05, 0) is 57.0 Å². The van der Waals surface area contributed by atoms with Gasteiger partial charge >= 0.3 is 6.03 Å². The lowest BCUT2D eigenvalue weighted by molar-refractivity contribution is 0.142. The predicted octanol–water partition coefficient (Wildman–Crippen LogP) is 3.13. The van der Waals surface area contributed by atoms with Crippen LogP contribution in [0.25, 0.3) is 0 Å². The average molecular weight is 307 g/mol. The Hall–Kier alpha value is -0.770. The second kappa shape index (κ2) is 7.67. The van der Waals surface area contributed by atoms with Crippen LogP contribution in [0, 0.1) is 11.8 Å². The Kier molecular flexibility index (Phi) is 5.61. The minimum atomic E-state index is 0.0715. The highest BCUT2D eigenvalue weighted by molar-refractivity contribution is 5.74. The van der Waals surface area contributed by atoms with Gasteiger partial charge in [0.2, 0.25) is 0 Å². The zero-order valence-electron chi connectivity index (χ0n) is 14.2. The lowest BCUT2D eigenvalue weighted by Gasteiger charge is -2.39. The highest BCUT2D eigenvalue weighted by Crippen LogP contribution is 2.40. The number of fused-ring (bicyclic) bond motifs is 1. The topological polar surface area (TPSA) is 44.4 Å². The van der Waals surface area contributed by atoms with Crippen LogP contribution in [0.3, 0.4) is 0 Å². The molecule has 3 aliphatic rings. The van der Waals surface area contributed by atoms with Gasteiger partial charge in [0.15, 0.2) is 0 Å². The number of likely N-dealkylation sites (tertiary alicyclic amines) is 1. The second-order valence-corrected chi connectivity index (χ2v) is 7.66. The molecule has 0 aromatic carbocycles. The number of nitrogens with one attached hydrogen (secondary N) is 2. The van der Waals surface area contributed by atoms with Crippen LogP contribution in [0.5, 0.6) is 0 Å². The van der Waals surface area contributed by atoms with Gasteiger partial charge in [0.05, 0.1) is 0 Å². The van der Waals surface area contributed by atoms with E-state index in [-0.39, 0.29) is 6.03 Å². The molecule has 2 saturated carbocycles. The molecule has 1 saturated heterocycles. The molecule has 4 nitrogen and oxygen atoms in total. The van der Waals surface area contributed by atoms with Crippen molar-refractivity contribution >= 4 is 6.03 Å². The first kappa shape index (κ1) is 16.1. The molecular formula is C18H33N3O. The number of amides is 2. The van der Waals surface area contributed by atoms with Crippen LogP contribution in [0.2, 0.25) is 0 Å². The second-order valence-electron chi connectivity index (χ2n) is 7.66. The quantitative estimate of drug-likeness (QED) is 0.841. The number of carbonyl (C=O) groups excluding carboxylic acids is 1. The molecule has 1 heterocycles. The number of likely N-dealkylation sites (N-methyl/N-ethyl adjacent to an activating group) is 1. The van der Waals surface area contributed by atoms with Crippen molar-refractivity contribution < 1.29 is 4.79 Å². The third kappa shape index (κ3) is 4.15. The highest BCUT2D eigenvalue weighted by atomic mass is 16.2. The molecule has 0 radical (unpaired) electrons. The van der Waals surface area contributed by atoms with Gasteiger partial charge in [-0.15, -0.1) is 0 Å². The van der Waals surface area contributed by atoms with Crippen LogP contribution in [0.4, 0.5) is 4.79 Å². The third-order valence-corrected chi connectivity index (χ3v) is 6.16. The summed E-state index contributed by atoms with van der Waals surface area (Å²) in [5.74, 6) is 1.82. The van der Waals surface area contributed by atoms with E-state index in [1.54, 1.807) is 0 Å². The Morgan fingerprint density at radius 3 is 2.55 bits per heavy atom.